The molecular formula is C17H16Br2N2O3. The van der Waals surface area contributed by atoms with E-state index in [2.05, 4.69) is 42.4 Å². The molecule has 0 spiro atoms. The molecule has 1 amide bonds. The Labute approximate surface area is 157 Å². The fraction of sp³-hybridized carbons (Fsp3) is 0.176. The number of nitrogens with one attached hydrogen (secondary N) is 1. The van der Waals surface area contributed by atoms with Crippen LogP contribution in [0.3, 0.4) is 0 Å². The zero-order valence-corrected chi connectivity index (χ0v) is 16.3. The highest BCUT2D eigenvalue weighted by atomic mass is 79.9. The molecule has 0 bridgehead atoms. The van der Waals surface area contributed by atoms with Crippen molar-refractivity contribution in [1.82, 2.24) is 5.43 Å². The minimum absolute atomic E-state index is 0.125. The molecular weight excluding hydrogens is 440 g/mol. The van der Waals surface area contributed by atoms with Crippen LogP contribution in [-0.2, 0) is 4.79 Å². The number of amides is 1. The lowest BCUT2D eigenvalue weighted by Crippen LogP contribution is -2.25. The van der Waals surface area contributed by atoms with E-state index in [-0.39, 0.29) is 12.5 Å². The molecule has 0 aromatic heterocycles. The molecule has 0 saturated heterocycles. The maximum atomic E-state index is 11.8. The van der Waals surface area contributed by atoms with Gasteiger partial charge in [0, 0.05) is 4.47 Å². The molecule has 0 heterocycles. The minimum atomic E-state index is -0.335. The lowest BCUT2D eigenvalue weighted by atomic mass is 10.1. The van der Waals surface area contributed by atoms with Gasteiger partial charge in [-0.05, 0) is 70.9 Å². The largest absolute Gasteiger partial charge is 0.497 e. The number of hydrogen-bond acceptors (Lipinski definition) is 4. The second-order valence-corrected chi connectivity index (χ2v) is 6.59. The van der Waals surface area contributed by atoms with Gasteiger partial charge in [0.05, 0.1) is 17.3 Å². The molecule has 0 atom stereocenters. The van der Waals surface area contributed by atoms with Crippen molar-refractivity contribution in [3.8, 4) is 11.5 Å². The number of hydrogen-bond donors (Lipinski definition) is 1. The Balaban J connectivity index is 1.89. The monoisotopic (exact) mass is 454 g/mol. The number of ether oxygens (including phenoxy) is 2. The zero-order valence-electron chi connectivity index (χ0n) is 13.2. The molecule has 2 aromatic carbocycles. The van der Waals surface area contributed by atoms with Crippen LogP contribution in [0.2, 0.25) is 0 Å². The first-order valence-corrected chi connectivity index (χ1v) is 8.63. The second kappa shape index (κ2) is 8.84. The van der Waals surface area contributed by atoms with Crippen molar-refractivity contribution >= 4 is 43.5 Å². The molecule has 0 aliphatic rings. The van der Waals surface area contributed by atoms with Crippen LogP contribution >= 0.6 is 31.9 Å². The van der Waals surface area contributed by atoms with Crippen molar-refractivity contribution < 1.29 is 14.3 Å². The van der Waals surface area contributed by atoms with Crippen molar-refractivity contribution in [2.75, 3.05) is 13.7 Å². The van der Waals surface area contributed by atoms with Crippen LogP contribution in [0.15, 0.2) is 56.5 Å². The predicted molar refractivity (Wildman–Crippen MR) is 101 cm³/mol. The van der Waals surface area contributed by atoms with Crippen molar-refractivity contribution in [3.05, 3.63) is 57.0 Å². The third kappa shape index (κ3) is 5.35. The van der Waals surface area contributed by atoms with Crippen LogP contribution in [0.25, 0.3) is 0 Å². The summed E-state index contributed by atoms with van der Waals surface area (Å²) in [5.74, 6) is 1.02. The lowest BCUT2D eigenvalue weighted by Gasteiger charge is -2.08. The first-order valence-electron chi connectivity index (χ1n) is 7.05. The summed E-state index contributed by atoms with van der Waals surface area (Å²) in [5, 5.41) is 4.08. The first kappa shape index (κ1) is 18.5. The van der Waals surface area contributed by atoms with Crippen molar-refractivity contribution in [2.24, 2.45) is 5.10 Å². The number of rotatable bonds is 6. The summed E-state index contributed by atoms with van der Waals surface area (Å²) >= 11 is 6.74. The van der Waals surface area contributed by atoms with E-state index in [9.17, 15) is 4.79 Å². The molecule has 2 aromatic rings. The molecule has 0 aliphatic heterocycles. The summed E-state index contributed by atoms with van der Waals surface area (Å²) in [6, 6.07) is 12.9. The highest BCUT2D eigenvalue weighted by molar-refractivity contribution is 9.11. The molecule has 5 nitrogen and oxygen atoms in total. The van der Waals surface area contributed by atoms with Gasteiger partial charge in [-0.15, -0.1) is 0 Å². The van der Waals surface area contributed by atoms with Crippen molar-refractivity contribution in [3.63, 3.8) is 0 Å². The van der Waals surface area contributed by atoms with E-state index in [1.807, 2.05) is 43.3 Å². The molecule has 0 unspecified atom stereocenters. The second-order valence-electron chi connectivity index (χ2n) is 4.82. The number of benzene rings is 2. The lowest BCUT2D eigenvalue weighted by molar-refractivity contribution is -0.123. The summed E-state index contributed by atoms with van der Waals surface area (Å²) in [4.78, 5) is 11.8. The highest BCUT2D eigenvalue weighted by Gasteiger charge is 2.06. The molecule has 0 radical (unpaired) electrons. The highest BCUT2D eigenvalue weighted by Crippen LogP contribution is 2.28. The van der Waals surface area contributed by atoms with Gasteiger partial charge < -0.3 is 9.47 Å². The Bertz CT molecular complexity index is 746. The maximum absolute atomic E-state index is 11.8. The van der Waals surface area contributed by atoms with Gasteiger partial charge in [0.2, 0.25) is 0 Å². The molecule has 7 heteroatoms. The zero-order chi connectivity index (χ0) is 17.5. The third-order valence-corrected chi connectivity index (χ3v) is 4.22. The minimum Gasteiger partial charge on any atom is -0.497 e. The van der Waals surface area contributed by atoms with E-state index >= 15 is 0 Å². The standard InChI is InChI=1S/C17H16Br2N2O3/c1-11(12-3-6-14(23-2)7-4-12)20-21-17(22)10-24-16-8-5-13(18)9-15(16)19/h3-9H,10H2,1-2H3,(H,21,22). The van der Waals surface area contributed by atoms with Crippen LogP contribution in [-0.4, -0.2) is 25.3 Å². The van der Waals surface area contributed by atoms with Crippen LogP contribution < -0.4 is 14.9 Å². The van der Waals surface area contributed by atoms with Crippen LogP contribution in [0.4, 0.5) is 0 Å². The summed E-state index contributed by atoms with van der Waals surface area (Å²) in [6.07, 6.45) is 0. The Morgan fingerprint density at radius 3 is 2.50 bits per heavy atom. The first-order chi connectivity index (χ1) is 11.5. The van der Waals surface area contributed by atoms with E-state index in [1.54, 1.807) is 13.2 Å². The van der Waals surface area contributed by atoms with Crippen molar-refractivity contribution in [2.45, 2.75) is 6.92 Å². The van der Waals surface area contributed by atoms with Crippen LogP contribution in [0, 0.1) is 0 Å². The molecule has 0 fully saturated rings. The third-order valence-electron chi connectivity index (χ3n) is 3.11. The number of carbonyl (C=O) groups excluding carboxylic acids is 1. The van der Waals surface area contributed by atoms with Gasteiger partial charge in [-0.3, -0.25) is 4.79 Å². The summed E-state index contributed by atoms with van der Waals surface area (Å²) in [6.45, 7) is 1.69. The van der Waals surface area contributed by atoms with Crippen LogP contribution in [0.5, 0.6) is 11.5 Å². The van der Waals surface area contributed by atoms with Gasteiger partial charge in [-0.2, -0.15) is 5.10 Å². The van der Waals surface area contributed by atoms with Gasteiger partial charge >= 0.3 is 0 Å². The van der Waals surface area contributed by atoms with Crippen molar-refractivity contribution in [1.29, 1.82) is 0 Å². The number of carbonyl (C=O) groups is 1. The van der Waals surface area contributed by atoms with E-state index in [0.717, 1.165) is 20.3 Å². The van der Waals surface area contributed by atoms with Gasteiger partial charge in [-0.1, -0.05) is 15.9 Å². The average molecular weight is 456 g/mol. The smallest absolute Gasteiger partial charge is 0.277 e. The maximum Gasteiger partial charge on any atom is 0.277 e. The Kier molecular flexibility index (Phi) is 6.81. The number of nitrogens with zero attached hydrogens (tertiary/aromatic N) is 1. The van der Waals surface area contributed by atoms with Crippen LogP contribution in [0.1, 0.15) is 12.5 Å². The summed E-state index contributed by atoms with van der Waals surface area (Å²) in [5.41, 5.74) is 4.07. The number of halogens is 2. The predicted octanol–water partition coefficient (Wildman–Crippen LogP) is 4.14. The topological polar surface area (TPSA) is 59.9 Å². The number of hydrazone groups is 1. The molecule has 2 rings (SSSR count). The summed E-state index contributed by atoms with van der Waals surface area (Å²) in [7, 11) is 1.61. The van der Waals surface area contributed by atoms with E-state index in [1.165, 1.54) is 0 Å². The Morgan fingerprint density at radius 2 is 1.88 bits per heavy atom. The van der Waals surface area contributed by atoms with Gasteiger partial charge in [-0.25, -0.2) is 5.43 Å². The SMILES string of the molecule is COc1ccc(C(C)=NNC(=O)COc2ccc(Br)cc2Br)cc1. The van der Waals surface area contributed by atoms with E-state index in [0.29, 0.717) is 11.5 Å². The van der Waals surface area contributed by atoms with Gasteiger partial charge in [0.25, 0.3) is 5.91 Å². The number of methoxy groups -OCH3 is 1. The molecule has 126 valence electrons. The van der Waals surface area contributed by atoms with Gasteiger partial charge in [0.1, 0.15) is 11.5 Å². The molecule has 0 saturated carbocycles. The normalized spacial score (nSPS) is 11.1. The Hall–Kier alpha value is -1.86. The quantitative estimate of drug-likeness (QED) is 0.526. The Morgan fingerprint density at radius 1 is 1.17 bits per heavy atom. The average Bonchev–Trinajstić information content (AvgIpc) is 2.59. The summed E-state index contributed by atoms with van der Waals surface area (Å²) < 4.78 is 12.2. The fourth-order valence-electron chi connectivity index (χ4n) is 1.81. The molecule has 24 heavy (non-hydrogen) atoms. The fourth-order valence-corrected chi connectivity index (χ4v) is 2.97. The molecule has 0 aliphatic carbocycles. The van der Waals surface area contributed by atoms with Gasteiger partial charge in [0.15, 0.2) is 6.61 Å². The molecule has 1 N–H and O–H groups in total. The van der Waals surface area contributed by atoms with E-state index < -0.39 is 0 Å². The van der Waals surface area contributed by atoms with E-state index in [4.69, 9.17) is 9.47 Å².